The molecule has 0 radical (unpaired) electrons. The zero-order valence-electron chi connectivity index (χ0n) is 10.2. The van der Waals surface area contributed by atoms with E-state index in [2.05, 4.69) is 5.32 Å². The molecule has 1 aliphatic heterocycles. The van der Waals surface area contributed by atoms with Gasteiger partial charge in [-0.1, -0.05) is 17.7 Å². The third-order valence-electron chi connectivity index (χ3n) is 2.82. The second-order valence-corrected chi connectivity index (χ2v) is 4.53. The number of benzene rings is 2. The first-order chi connectivity index (χ1) is 9.65. The molecule has 20 heavy (non-hydrogen) atoms. The zero-order valence-corrected chi connectivity index (χ0v) is 10.9. The van der Waals surface area contributed by atoms with Crippen molar-refractivity contribution in [1.82, 2.24) is 0 Å². The maximum atomic E-state index is 13.1. The van der Waals surface area contributed by atoms with Crippen molar-refractivity contribution in [3.8, 4) is 11.5 Å². The standard InChI is InChI=1S/C14H9ClFNO3/c15-10-6-8(4-5-11(10)16)17-14(18)9-2-1-3-12-13(9)20-7-19-12/h1-6H,7H2,(H,17,18). The van der Waals surface area contributed by atoms with Gasteiger partial charge in [0, 0.05) is 5.69 Å². The Bertz CT molecular complexity index is 690. The number of anilines is 1. The molecule has 1 amide bonds. The van der Waals surface area contributed by atoms with Crippen LogP contribution in [-0.4, -0.2) is 12.7 Å². The summed E-state index contributed by atoms with van der Waals surface area (Å²) in [5, 5.41) is 2.58. The highest BCUT2D eigenvalue weighted by Crippen LogP contribution is 2.35. The van der Waals surface area contributed by atoms with Crippen molar-refractivity contribution < 1.29 is 18.7 Å². The maximum Gasteiger partial charge on any atom is 0.259 e. The van der Waals surface area contributed by atoms with Crippen molar-refractivity contribution in [3.05, 3.63) is 52.8 Å². The fraction of sp³-hybridized carbons (Fsp3) is 0.0714. The lowest BCUT2D eigenvalue weighted by Gasteiger charge is -2.08. The molecule has 102 valence electrons. The van der Waals surface area contributed by atoms with Crippen LogP contribution in [0, 0.1) is 5.82 Å². The maximum absolute atomic E-state index is 13.1. The summed E-state index contributed by atoms with van der Waals surface area (Å²) in [4.78, 5) is 12.2. The van der Waals surface area contributed by atoms with Crippen LogP contribution in [0.2, 0.25) is 5.02 Å². The van der Waals surface area contributed by atoms with Gasteiger partial charge in [-0.2, -0.15) is 0 Å². The van der Waals surface area contributed by atoms with Crippen molar-refractivity contribution in [2.45, 2.75) is 0 Å². The van der Waals surface area contributed by atoms with Crippen LogP contribution in [0.25, 0.3) is 0 Å². The Labute approximate surface area is 119 Å². The summed E-state index contributed by atoms with van der Waals surface area (Å²) in [5.74, 6) is 0.00465. The van der Waals surface area contributed by atoms with E-state index in [4.69, 9.17) is 21.1 Å². The molecule has 1 heterocycles. The minimum atomic E-state index is -0.540. The van der Waals surface area contributed by atoms with E-state index in [0.29, 0.717) is 22.7 Å². The van der Waals surface area contributed by atoms with Gasteiger partial charge >= 0.3 is 0 Å². The molecule has 0 aromatic heterocycles. The SMILES string of the molecule is O=C(Nc1ccc(F)c(Cl)c1)c1cccc2c1OCO2. The average molecular weight is 294 g/mol. The monoisotopic (exact) mass is 293 g/mol. The summed E-state index contributed by atoms with van der Waals surface area (Å²) >= 11 is 5.67. The fourth-order valence-electron chi connectivity index (χ4n) is 1.88. The van der Waals surface area contributed by atoms with Crippen LogP contribution in [0.4, 0.5) is 10.1 Å². The number of fused-ring (bicyclic) bond motifs is 1. The molecule has 4 nitrogen and oxygen atoms in total. The van der Waals surface area contributed by atoms with Gasteiger partial charge in [0.2, 0.25) is 6.79 Å². The highest BCUT2D eigenvalue weighted by atomic mass is 35.5. The van der Waals surface area contributed by atoms with Gasteiger partial charge in [0.15, 0.2) is 11.5 Å². The molecular formula is C14H9ClFNO3. The molecule has 2 aromatic rings. The Morgan fingerprint density at radius 3 is 2.90 bits per heavy atom. The average Bonchev–Trinajstić information content (AvgIpc) is 2.91. The van der Waals surface area contributed by atoms with Crippen molar-refractivity contribution >= 4 is 23.2 Å². The largest absolute Gasteiger partial charge is 0.454 e. The lowest BCUT2D eigenvalue weighted by Crippen LogP contribution is -2.12. The predicted octanol–water partition coefficient (Wildman–Crippen LogP) is 3.46. The molecule has 0 unspecified atom stereocenters. The van der Waals surface area contributed by atoms with E-state index in [0.717, 1.165) is 0 Å². The van der Waals surface area contributed by atoms with Crippen LogP contribution in [0.1, 0.15) is 10.4 Å². The Kier molecular flexibility index (Phi) is 3.20. The van der Waals surface area contributed by atoms with E-state index in [1.165, 1.54) is 18.2 Å². The molecule has 3 rings (SSSR count). The van der Waals surface area contributed by atoms with Crippen LogP contribution in [0.15, 0.2) is 36.4 Å². The van der Waals surface area contributed by atoms with E-state index < -0.39 is 5.82 Å². The number of para-hydroxylation sites is 1. The summed E-state index contributed by atoms with van der Waals surface area (Å²) in [5.41, 5.74) is 0.748. The Morgan fingerprint density at radius 2 is 2.10 bits per heavy atom. The number of hydrogen-bond acceptors (Lipinski definition) is 3. The fourth-order valence-corrected chi connectivity index (χ4v) is 2.06. The first-order valence-corrected chi connectivity index (χ1v) is 6.18. The number of carbonyl (C=O) groups is 1. The van der Waals surface area contributed by atoms with Crippen LogP contribution in [-0.2, 0) is 0 Å². The van der Waals surface area contributed by atoms with Crippen LogP contribution >= 0.6 is 11.6 Å². The Hall–Kier alpha value is -2.27. The molecule has 0 bridgehead atoms. The molecule has 1 N–H and O–H groups in total. The second kappa shape index (κ2) is 5.02. The summed E-state index contributed by atoms with van der Waals surface area (Å²) in [6.45, 7) is 0.0853. The van der Waals surface area contributed by atoms with E-state index in [9.17, 15) is 9.18 Å². The third kappa shape index (κ3) is 2.28. The molecule has 0 saturated carbocycles. The lowest BCUT2D eigenvalue weighted by molar-refractivity contribution is 0.102. The molecule has 0 fully saturated rings. The molecule has 0 spiro atoms. The number of halogens is 2. The number of amides is 1. The van der Waals surface area contributed by atoms with Crippen molar-refractivity contribution in [2.24, 2.45) is 0 Å². The van der Waals surface area contributed by atoms with Gasteiger partial charge in [0.05, 0.1) is 10.6 Å². The van der Waals surface area contributed by atoms with E-state index in [-0.39, 0.29) is 17.7 Å². The van der Waals surface area contributed by atoms with E-state index >= 15 is 0 Å². The van der Waals surface area contributed by atoms with Crippen molar-refractivity contribution in [3.63, 3.8) is 0 Å². The first-order valence-electron chi connectivity index (χ1n) is 5.80. The molecule has 2 aromatic carbocycles. The normalized spacial score (nSPS) is 12.3. The third-order valence-corrected chi connectivity index (χ3v) is 3.11. The number of rotatable bonds is 2. The van der Waals surface area contributed by atoms with Crippen LogP contribution in [0.3, 0.4) is 0 Å². The quantitative estimate of drug-likeness (QED) is 0.922. The number of nitrogens with one attached hydrogen (secondary N) is 1. The Balaban J connectivity index is 1.87. The second-order valence-electron chi connectivity index (χ2n) is 4.12. The minimum Gasteiger partial charge on any atom is -0.454 e. The molecule has 0 atom stereocenters. The first kappa shape index (κ1) is 12.7. The van der Waals surface area contributed by atoms with E-state index in [1.807, 2.05) is 0 Å². The summed E-state index contributed by atoms with van der Waals surface area (Å²) < 4.78 is 23.5. The van der Waals surface area contributed by atoms with Crippen LogP contribution in [0.5, 0.6) is 11.5 Å². The van der Waals surface area contributed by atoms with Gasteiger partial charge in [-0.15, -0.1) is 0 Å². The lowest BCUT2D eigenvalue weighted by atomic mass is 10.1. The van der Waals surface area contributed by atoms with Crippen molar-refractivity contribution in [2.75, 3.05) is 12.1 Å². The smallest absolute Gasteiger partial charge is 0.259 e. The van der Waals surface area contributed by atoms with Gasteiger partial charge in [0.25, 0.3) is 5.91 Å². The highest BCUT2D eigenvalue weighted by Gasteiger charge is 2.21. The number of hydrogen-bond donors (Lipinski definition) is 1. The molecular weight excluding hydrogens is 285 g/mol. The Morgan fingerprint density at radius 1 is 1.25 bits per heavy atom. The van der Waals surface area contributed by atoms with Gasteiger partial charge in [-0.25, -0.2) is 4.39 Å². The number of carbonyl (C=O) groups excluding carboxylic acids is 1. The minimum absolute atomic E-state index is 0.0549. The zero-order chi connectivity index (χ0) is 14.1. The van der Waals surface area contributed by atoms with Gasteiger partial charge in [-0.3, -0.25) is 4.79 Å². The highest BCUT2D eigenvalue weighted by molar-refractivity contribution is 6.31. The molecule has 0 saturated heterocycles. The van der Waals surface area contributed by atoms with Crippen LogP contribution < -0.4 is 14.8 Å². The molecule has 6 heteroatoms. The molecule has 1 aliphatic rings. The van der Waals surface area contributed by atoms with Gasteiger partial charge in [0.1, 0.15) is 5.82 Å². The summed E-state index contributed by atoms with van der Waals surface area (Å²) in [7, 11) is 0. The topological polar surface area (TPSA) is 47.6 Å². The van der Waals surface area contributed by atoms with Gasteiger partial charge < -0.3 is 14.8 Å². The molecule has 0 aliphatic carbocycles. The summed E-state index contributed by atoms with van der Waals surface area (Å²) in [6, 6.07) is 8.99. The van der Waals surface area contributed by atoms with E-state index in [1.54, 1.807) is 18.2 Å². The predicted molar refractivity (Wildman–Crippen MR) is 71.9 cm³/mol. The van der Waals surface area contributed by atoms with Gasteiger partial charge in [-0.05, 0) is 30.3 Å². The van der Waals surface area contributed by atoms with Crippen molar-refractivity contribution in [1.29, 1.82) is 0 Å². The number of ether oxygens (including phenoxy) is 2. The summed E-state index contributed by atoms with van der Waals surface area (Å²) in [6.07, 6.45) is 0.